The minimum absolute atomic E-state index is 0.126. The van der Waals surface area contributed by atoms with Gasteiger partial charge in [0.15, 0.2) is 16.7 Å². The van der Waals surface area contributed by atoms with E-state index in [4.69, 9.17) is 21.1 Å². The number of nitrogens with one attached hydrogen (secondary N) is 1. The molecule has 1 aromatic heterocycles. The fourth-order valence-corrected chi connectivity index (χ4v) is 4.41. The van der Waals surface area contributed by atoms with Crippen LogP contribution in [-0.2, 0) is 17.9 Å². The average molecular weight is 460 g/mol. The number of aromatic nitrogens is 2. The molecular weight excluding hydrogens is 438 g/mol. The van der Waals surface area contributed by atoms with Crippen LogP contribution in [0.3, 0.4) is 0 Å². The highest BCUT2D eigenvalue weighted by Gasteiger charge is 2.20. The summed E-state index contributed by atoms with van der Waals surface area (Å²) in [5.41, 5.74) is 1.32. The van der Waals surface area contributed by atoms with Crippen molar-refractivity contribution >= 4 is 40.2 Å². The van der Waals surface area contributed by atoms with Crippen LogP contribution in [0.4, 0.5) is 0 Å². The maximum atomic E-state index is 12.9. The van der Waals surface area contributed by atoms with Gasteiger partial charge >= 0.3 is 0 Å². The van der Waals surface area contributed by atoms with Gasteiger partial charge in [-0.3, -0.25) is 14.2 Å². The molecule has 9 heteroatoms. The van der Waals surface area contributed by atoms with Crippen molar-refractivity contribution in [2.45, 2.75) is 43.8 Å². The third-order valence-electron chi connectivity index (χ3n) is 4.88. The van der Waals surface area contributed by atoms with E-state index in [1.807, 2.05) is 25.1 Å². The maximum Gasteiger partial charge on any atom is 0.262 e. The van der Waals surface area contributed by atoms with Crippen molar-refractivity contribution < 1.29 is 14.3 Å². The lowest BCUT2D eigenvalue weighted by molar-refractivity contribution is -0.120. The predicted molar refractivity (Wildman–Crippen MR) is 121 cm³/mol. The largest absolute Gasteiger partial charge is 0.454 e. The number of amides is 1. The SMILES string of the molecule is CCCn1c(SC(C)C(=O)NCc2ccc3c(c2)OCO3)nc2cc(Cl)ccc2c1=O. The van der Waals surface area contributed by atoms with E-state index < -0.39 is 5.25 Å². The molecule has 4 rings (SSSR count). The Morgan fingerprint density at radius 3 is 2.87 bits per heavy atom. The number of carbonyl (C=O) groups is 1. The lowest BCUT2D eigenvalue weighted by Gasteiger charge is -2.16. The molecule has 0 radical (unpaired) electrons. The Labute approximate surface area is 188 Å². The summed E-state index contributed by atoms with van der Waals surface area (Å²) in [6, 6.07) is 10.6. The van der Waals surface area contributed by atoms with Crippen LogP contribution < -0.4 is 20.3 Å². The monoisotopic (exact) mass is 459 g/mol. The Morgan fingerprint density at radius 2 is 2.06 bits per heavy atom. The highest BCUT2D eigenvalue weighted by molar-refractivity contribution is 8.00. The zero-order valence-electron chi connectivity index (χ0n) is 17.2. The van der Waals surface area contributed by atoms with Crippen molar-refractivity contribution in [1.82, 2.24) is 14.9 Å². The Morgan fingerprint density at radius 1 is 1.26 bits per heavy atom. The van der Waals surface area contributed by atoms with Gasteiger partial charge < -0.3 is 14.8 Å². The van der Waals surface area contributed by atoms with Crippen molar-refractivity contribution in [3.05, 3.63) is 57.3 Å². The zero-order valence-corrected chi connectivity index (χ0v) is 18.8. The van der Waals surface area contributed by atoms with Gasteiger partial charge in [0.25, 0.3) is 5.56 Å². The first kappa shape index (κ1) is 21.5. The molecule has 2 aromatic carbocycles. The van der Waals surface area contributed by atoms with Gasteiger partial charge in [0.2, 0.25) is 12.7 Å². The normalized spacial score (nSPS) is 13.4. The van der Waals surface area contributed by atoms with Crippen LogP contribution in [-0.4, -0.2) is 27.5 Å². The molecule has 2 heterocycles. The number of nitrogens with zero attached hydrogens (tertiary/aromatic N) is 2. The lowest BCUT2D eigenvalue weighted by Crippen LogP contribution is -2.31. The molecule has 3 aromatic rings. The molecule has 0 fully saturated rings. The number of thioether (sulfide) groups is 1. The summed E-state index contributed by atoms with van der Waals surface area (Å²) >= 11 is 7.34. The second-order valence-corrected chi connectivity index (χ2v) is 8.92. The molecule has 7 nitrogen and oxygen atoms in total. The molecule has 1 N–H and O–H groups in total. The van der Waals surface area contributed by atoms with Gasteiger partial charge in [-0.1, -0.05) is 36.4 Å². The summed E-state index contributed by atoms with van der Waals surface area (Å²) in [6.45, 7) is 4.89. The Hall–Kier alpha value is -2.71. The number of halogens is 1. The van der Waals surface area contributed by atoms with Crippen LogP contribution in [0.25, 0.3) is 10.9 Å². The van der Waals surface area contributed by atoms with Gasteiger partial charge in [0, 0.05) is 18.1 Å². The third kappa shape index (κ3) is 4.65. The van der Waals surface area contributed by atoms with Crippen molar-refractivity contribution in [2.75, 3.05) is 6.79 Å². The fourth-order valence-electron chi connectivity index (χ4n) is 3.28. The summed E-state index contributed by atoms with van der Waals surface area (Å²) in [4.78, 5) is 30.3. The number of ether oxygens (including phenoxy) is 2. The molecule has 1 aliphatic rings. The highest BCUT2D eigenvalue weighted by Crippen LogP contribution is 2.32. The molecule has 1 aliphatic heterocycles. The minimum atomic E-state index is -0.444. The molecule has 0 saturated heterocycles. The topological polar surface area (TPSA) is 82.5 Å². The fraction of sp³-hybridized carbons (Fsp3) is 0.318. The van der Waals surface area contributed by atoms with E-state index in [0.717, 1.165) is 12.0 Å². The van der Waals surface area contributed by atoms with Gasteiger partial charge in [-0.25, -0.2) is 4.98 Å². The first-order chi connectivity index (χ1) is 15.0. The number of hydrogen-bond donors (Lipinski definition) is 1. The highest BCUT2D eigenvalue weighted by atomic mass is 35.5. The van der Waals surface area contributed by atoms with Crippen LogP contribution in [0.5, 0.6) is 11.5 Å². The summed E-state index contributed by atoms with van der Waals surface area (Å²) in [5.74, 6) is 1.23. The van der Waals surface area contributed by atoms with Crippen LogP contribution in [0, 0.1) is 0 Å². The zero-order chi connectivity index (χ0) is 22.0. The molecule has 162 valence electrons. The van der Waals surface area contributed by atoms with Gasteiger partial charge in [-0.15, -0.1) is 0 Å². The Bertz CT molecular complexity index is 1200. The summed E-state index contributed by atoms with van der Waals surface area (Å²) in [7, 11) is 0. The second-order valence-electron chi connectivity index (χ2n) is 7.18. The van der Waals surface area contributed by atoms with E-state index in [0.29, 0.717) is 45.7 Å². The molecule has 1 unspecified atom stereocenters. The first-order valence-electron chi connectivity index (χ1n) is 9.99. The van der Waals surface area contributed by atoms with E-state index in [-0.39, 0.29) is 18.3 Å². The van der Waals surface area contributed by atoms with Gasteiger partial charge in [-0.2, -0.15) is 0 Å². The summed E-state index contributed by atoms with van der Waals surface area (Å²) in [6.07, 6.45) is 0.777. The number of fused-ring (bicyclic) bond motifs is 2. The molecule has 0 bridgehead atoms. The summed E-state index contributed by atoms with van der Waals surface area (Å²) in [5, 5.41) is 4.02. The molecule has 1 atom stereocenters. The van der Waals surface area contributed by atoms with E-state index >= 15 is 0 Å². The van der Waals surface area contributed by atoms with E-state index in [2.05, 4.69) is 10.3 Å². The van der Waals surface area contributed by atoms with E-state index in [1.54, 1.807) is 29.7 Å². The van der Waals surface area contributed by atoms with E-state index in [9.17, 15) is 9.59 Å². The van der Waals surface area contributed by atoms with Crippen molar-refractivity contribution in [1.29, 1.82) is 0 Å². The predicted octanol–water partition coefficient (Wildman–Crippen LogP) is 3.99. The molecule has 0 spiro atoms. The van der Waals surface area contributed by atoms with Crippen LogP contribution >= 0.6 is 23.4 Å². The van der Waals surface area contributed by atoms with Crippen molar-refractivity contribution in [2.24, 2.45) is 0 Å². The number of rotatable bonds is 7. The van der Waals surface area contributed by atoms with Gasteiger partial charge in [-0.05, 0) is 49.2 Å². The lowest BCUT2D eigenvalue weighted by atomic mass is 10.2. The Balaban J connectivity index is 1.50. The smallest absolute Gasteiger partial charge is 0.262 e. The van der Waals surface area contributed by atoms with Crippen LogP contribution in [0.2, 0.25) is 5.02 Å². The molecular formula is C22H22ClN3O4S. The van der Waals surface area contributed by atoms with E-state index in [1.165, 1.54) is 11.8 Å². The minimum Gasteiger partial charge on any atom is -0.454 e. The maximum absolute atomic E-state index is 12.9. The molecule has 0 aliphatic carbocycles. The number of hydrogen-bond acceptors (Lipinski definition) is 6. The van der Waals surface area contributed by atoms with Crippen molar-refractivity contribution in [3.8, 4) is 11.5 Å². The Kier molecular flexibility index (Phi) is 6.38. The average Bonchev–Trinajstić information content (AvgIpc) is 3.22. The number of carbonyl (C=O) groups excluding carboxylic acids is 1. The van der Waals surface area contributed by atoms with Crippen LogP contribution in [0.1, 0.15) is 25.8 Å². The second kappa shape index (κ2) is 9.20. The molecule has 1 amide bonds. The van der Waals surface area contributed by atoms with Gasteiger partial charge in [0.1, 0.15) is 0 Å². The number of benzene rings is 2. The first-order valence-corrected chi connectivity index (χ1v) is 11.2. The standard InChI is InChI=1S/C22H22ClN3O4S/c1-3-8-26-21(28)16-6-5-15(23)10-17(16)25-22(26)31-13(2)20(27)24-11-14-4-7-18-19(9-14)30-12-29-18/h4-7,9-10,13H,3,8,11-12H2,1-2H3,(H,24,27). The molecule has 0 saturated carbocycles. The molecule has 31 heavy (non-hydrogen) atoms. The quantitative estimate of drug-likeness (QED) is 0.425. The third-order valence-corrected chi connectivity index (χ3v) is 6.21. The van der Waals surface area contributed by atoms with Crippen LogP contribution in [0.15, 0.2) is 46.3 Å². The van der Waals surface area contributed by atoms with Gasteiger partial charge in [0.05, 0.1) is 16.2 Å². The summed E-state index contributed by atoms with van der Waals surface area (Å²) < 4.78 is 12.3. The van der Waals surface area contributed by atoms with Crippen molar-refractivity contribution in [3.63, 3.8) is 0 Å².